The van der Waals surface area contributed by atoms with Gasteiger partial charge in [-0.05, 0) is 49.6 Å². The molecule has 2 N–H and O–H groups in total. The third-order valence-corrected chi connectivity index (χ3v) is 6.34. The van der Waals surface area contributed by atoms with Crippen LogP contribution in [0.3, 0.4) is 0 Å². The molecule has 7 nitrogen and oxygen atoms in total. The van der Waals surface area contributed by atoms with Crippen molar-refractivity contribution in [2.45, 2.75) is 31.2 Å². The topological polar surface area (TPSA) is 89.0 Å². The zero-order valence-corrected chi connectivity index (χ0v) is 21.9. The van der Waals surface area contributed by atoms with Gasteiger partial charge in [-0.1, -0.05) is 30.3 Å². The van der Waals surface area contributed by atoms with Crippen LogP contribution in [0.4, 0.5) is 0 Å². The predicted octanol–water partition coefficient (Wildman–Crippen LogP) is 3.64. The van der Waals surface area contributed by atoms with E-state index < -0.39 is 9.84 Å². The van der Waals surface area contributed by atoms with Crippen molar-refractivity contribution in [1.82, 2.24) is 10.6 Å². The summed E-state index contributed by atoms with van der Waals surface area (Å²) in [5.41, 5.74) is 1.06. The minimum absolute atomic E-state index is 0. The Labute approximate surface area is 208 Å². The number of benzene rings is 2. The molecule has 0 heterocycles. The number of nitrogens with zero attached hydrogens (tertiary/aromatic N) is 1. The molecule has 0 aromatic heterocycles. The molecule has 0 bridgehead atoms. The third-order valence-electron chi connectivity index (χ3n) is 4.53. The number of ether oxygens (including phenoxy) is 2. The first-order chi connectivity index (χ1) is 15.0. The van der Waals surface area contributed by atoms with E-state index in [0.717, 1.165) is 24.3 Å². The van der Waals surface area contributed by atoms with Gasteiger partial charge in [0.15, 0.2) is 15.8 Å². The highest BCUT2D eigenvalue weighted by atomic mass is 127. The van der Waals surface area contributed by atoms with Gasteiger partial charge in [0.05, 0.1) is 24.3 Å². The quantitative estimate of drug-likeness (QED) is 0.164. The predicted molar refractivity (Wildman–Crippen MR) is 140 cm³/mol. The first-order valence-electron chi connectivity index (χ1n) is 10.6. The highest BCUT2D eigenvalue weighted by molar-refractivity contribution is 14.0. The van der Waals surface area contributed by atoms with Crippen LogP contribution in [0.15, 0.2) is 64.5 Å². The molecule has 0 saturated heterocycles. The molecule has 0 atom stereocenters. The van der Waals surface area contributed by atoms with Crippen molar-refractivity contribution in [3.8, 4) is 5.75 Å². The maximum absolute atomic E-state index is 12.4. The van der Waals surface area contributed by atoms with Gasteiger partial charge in [-0.25, -0.2) is 13.4 Å². The molecule has 2 aromatic carbocycles. The van der Waals surface area contributed by atoms with Gasteiger partial charge in [0.1, 0.15) is 5.75 Å². The number of methoxy groups -OCH3 is 1. The number of guanidine groups is 1. The van der Waals surface area contributed by atoms with Crippen molar-refractivity contribution in [1.29, 1.82) is 0 Å². The Morgan fingerprint density at radius 2 is 1.62 bits per heavy atom. The van der Waals surface area contributed by atoms with E-state index in [0.29, 0.717) is 43.6 Å². The lowest BCUT2D eigenvalue weighted by Gasteiger charge is -2.13. The van der Waals surface area contributed by atoms with E-state index in [1.54, 1.807) is 31.4 Å². The summed E-state index contributed by atoms with van der Waals surface area (Å²) in [6.45, 7) is 5.09. The molecule has 0 spiro atoms. The standard InChI is InChI=1S/C23H33N3O4S.HI/c1-3-30-17-7-15-24-23(26-19-20-11-13-21(29-2)14-12-20)25-16-8-18-31(27,28)22-9-5-4-6-10-22;/h4-6,9-14H,3,7-8,15-19H2,1-2H3,(H2,24,25,26);1H. The SMILES string of the molecule is CCOCCCNC(=NCc1ccc(OC)cc1)NCCCS(=O)(=O)c1ccccc1.I. The maximum atomic E-state index is 12.4. The van der Waals surface area contributed by atoms with Crippen molar-refractivity contribution in [2.75, 3.05) is 39.2 Å². The fourth-order valence-electron chi connectivity index (χ4n) is 2.82. The van der Waals surface area contributed by atoms with Crippen LogP contribution in [0, 0.1) is 0 Å². The highest BCUT2D eigenvalue weighted by Crippen LogP contribution is 2.12. The number of hydrogen-bond donors (Lipinski definition) is 2. The Morgan fingerprint density at radius 3 is 2.25 bits per heavy atom. The summed E-state index contributed by atoms with van der Waals surface area (Å²) in [6.07, 6.45) is 1.35. The lowest BCUT2D eigenvalue weighted by molar-refractivity contribution is 0.145. The van der Waals surface area contributed by atoms with Gasteiger partial charge in [0.2, 0.25) is 0 Å². The molecule has 0 radical (unpaired) electrons. The maximum Gasteiger partial charge on any atom is 0.191 e. The van der Waals surface area contributed by atoms with E-state index >= 15 is 0 Å². The van der Waals surface area contributed by atoms with Crippen LogP contribution in [0.25, 0.3) is 0 Å². The normalized spacial score (nSPS) is 11.5. The molecule has 178 valence electrons. The van der Waals surface area contributed by atoms with Crippen LogP contribution in [-0.4, -0.2) is 53.5 Å². The summed E-state index contributed by atoms with van der Waals surface area (Å²) in [7, 11) is -1.64. The van der Waals surface area contributed by atoms with Gasteiger partial charge in [0, 0.05) is 26.3 Å². The van der Waals surface area contributed by atoms with Crippen LogP contribution in [0.5, 0.6) is 5.75 Å². The number of sulfone groups is 1. The average molecular weight is 576 g/mol. The van der Waals surface area contributed by atoms with Gasteiger partial charge in [0.25, 0.3) is 0 Å². The Balaban J connectivity index is 0.00000512. The molecule has 32 heavy (non-hydrogen) atoms. The summed E-state index contributed by atoms with van der Waals surface area (Å²) in [4.78, 5) is 4.98. The van der Waals surface area contributed by atoms with Crippen molar-refractivity contribution >= 4 is 39.8 Å². The second kappa shape index (κ2) is 15.9. The first-order valence-corrected chi connectivity index (χ1v) is 12.2. The van der Waals surface area contributed by atoms with E-state index in [1.807, 2.05) is 37.3 Å². The molecule has 2 aromatic rings. The van der Waals surface area contributed by atoms with Crippen LogP contribution >= 0.6 is 24.0 Å². The summed E-state index contributed by atoms with van der Waals surface area (Å²) < 4.78 is 35.4. The Kier molecular flexibility index (Phi) is 14.0. The van der Waals surface area contributed by atoms with Gasteiger partial charge < -0.3 is 20.1 Å². The number of halogens is 1. The lowest BCUT2D eigenvalue weighted by Crippen LogP contribution is -2.39. The van der Waals surface area contributed by atoms with Crippen molar-refractivity contribution in [3.63, 3.8) is 0 Å². The average Bonchev–Trinajstić information content (AvgIpc) is 2.80. The monoisotopic (exact) mass is 575 g/mol. The Morgan fingerprint density at radius 1 is 0.969 bits per heavy atom. The number of aliphatic imine (C=N–C) groups is 1. The molecule has 0 aliphatic heterocycles. The molecule has 0 amide bonds. The van der Waals surface area contributed by atoms with E-state index in [1.165, 1.54) is 0 Å². The minimum atomic E-state index is -3.28. The summed E-state index contributed by atoms with van der Waals surface area (Å²) >= 11 is 0. The minimum Gasteiger partial charge on any atom is -0.497 e. The summed E-state index contributed by atoms with van der Waals surface area (Å²) in [5, 5.41) is 6.52. The molecule has 2 rings (SSSR count). The van der Waals surface area contributed by atoms with E-state index in [2.05, 4.69) is 15.6 Å². The van der Waals surface area contributed by atoms with Crippen LogP contribution in [-0.2, 0) is 21.1 Å². The van der Waals surface area contributed by atoms with E-state index in [4.69, 9.17) is 9.47 Å². The van der Waals surface area contributed by atoms with Crippen LogP contribution < -0.4 is 15.4 Å². The molecule has 0 unspecified atom stereocenters. The molecular formula is C23H34IN3O4S. The van der Waals surface area contributed by atoms with Gasteiger partial charge in [-0.3, -0.25) is 0 Å². The lowest BCUT2D eigenvalue weighted by atomic mass is 10.2. The van der Waals surface area contributed by atoms with Crippen molar-refractivity contribution in [2.24, 2.45) is 4.99 Å². The van der Waals surface area contributed by atoms with Gasteiger partial charge in [-0.15, -0.1) is 24.0 Å². The molecule has 0 aliphatic carbocycles. The zero-order valence-electron chi connectivity index (χ0n) is 18.7. The summed E-state index contributed by atoms with van der Waals surface area (Å²) in [5.74, 6) is 1.55. The fourth-order valence-corrected chi connectivity index (χ4v) is 4.15. The molecule has 0 aliphatic rings. The van der Waals surface area contributed by atoms with Crippen molar-refractivity contribution in [3.05, 3.63) is 60.2 Å². The molecule has 0 saturated carbocycles. The highest BCUT2D eigenvalue weighted by Gasteiger charge is 2.13. The smallest absolute Gasteiger partial charge is 0.191 e. The number of hydrogen-bond acceptors (Lipinski definition) is 5. The van der Waals surface area contributed by atoms with Crippen LogP contribution in [0.2, 0.25) is 0 Å². The Bertz CT molecular complexity index is 891. The number of nitrogens with one attached hydrogen (secondary N) is 2. The van der Waals surface area contributed by atoms with E-state index in [-0.39, 0.29) is 29.7 Å². The van der Waals surface area contributed by atoms with E-state index in [9.17, 15) is 8.42 Å². The molecular weight excluding hydrogens is 541 g/mol. The Hall–Kier alpha value is -1.85. The second-order valence-electron chi connectivity index (χ2n) is 6.90. The van der Waals surface area contributed by atoms with Gasteiger partial charge in [-0.2, -0.15) is 0 Å². The first kappa shape index (κ1) is 28.2. The molecule has 9 heteroatoms. The summed E-state index contributed by atoms with van der Waals surface area (Å²) in [6, 6.07) is 16.3. The third kappa shape index (κ3) is 10.6. The van der Waals surface area contributed by atoms with Crippen molar-refractivity contribution < 1.29 is 17.9 Å². The fraction of sp³-hybridized carbons (Fsp3) is 0.435. The second-order valence-corrected chi connectivity index (χ2v) is 9.01. The van der Waals surface area contributed by atoms with Crippen LogP contribution in [0.1, 0.15) is 25.3 Å². The zero-order chi connectivity index (χ0) is 22.4. The largest absolute Gasteiger partial charge is 0.497 e. The number of rotatable bonds is 13. The van der Waals surface area contributed by atoms with Gasteiger partial charge >= 0.3 is 0 Å². The molecule has 0 fully saturated rings.